The average molecular weight is 251 g/mol. The van der Waals surface area contributed by atoms with E-state index >= 15 is 0 Å². The van der Waals surface area contributed by atoms with Crippen molar-refractivity contribution in [3.8, 4) is 6.07 Å². The lowest BCUT2D eigenvalue weighted by molar-refractivity contribution is -0.135. The largest absolute Gasteiger partial charge is 0.465 e. The molecule has 0 amide bonds. The summed E-state index contributed by atoms with van der Waals surface area (Å²) in [5.41, 5.74) is 0.798. The highest BCUT2D eigenvalue weighted by atomic mass is 35.5. The molecule has 0 saturated carbocycles. The van der Waals surface area contributed by atoms with E-state index in [-0.39, 0.29) is 5.57 Å². The number of methoxy groups -OCH3 is 1. The van der Waals surface area contributed by atoms with Crippen LogP contribution in [-0.4, -0.2) is 13.1 Å². The van der Waals surface area contributed by atoms with Crippen LogP contribution in [0.3, 0.4) is 0 Å². The molecule has 1 N–H and O–H groups in total. The van der Waals surface area contributed by atoms with Gasteiger partial charge in [-0.2, -0.15) is 5.26 Å². The number of esters is 1. The molecule has 88 valence electrons. The maximum Gasteiger partial charge on any atom is 0.350 e. The van der Waals surface area contributed by atoms with Gasteiger partial charge >= 0.3 is 5.97 Å². The second-order valence-electron chi connectivity index (χ2n) is 3.13. The number of hydrogen-bond donors (Lipinski definition) is 1. The maximum absolute atomic E-state index is 11.1. The average Bonchev–Trinajstić information content (AvgIpc) is 2.36. The third kappa shape index (κ3) is 3.82. The summed E-state index contributed by atoms with van der Waals surface area (Å²) in [5.74, 6) is -0.667. The van der Waals surface area contributed by atoms with Crippen molar-refractivity contribution in [2.45, 2.75) is 6.54 Å². The molecule has 4 nitrogen and oxygen atoms in total. The molecule has 0 heterocycles. The summed E-state index contributed by atoms with van der Waals surface area (Å²) in [5, 5.41) is 12.2. The van der Waals surface area contributed by atoms with Crippen molar-refractivity contribution in [2.24, 2.45) is 0 Å². The van der Waals surface area contributed by atoms with E-state index in [0.717, 1.165) is 5.56 Å². The number of nitrogens with one attached hydrogen (secondary N) is 1. The number of nitrogens with zero attached hydrogens (tertiary/aromatic N) is 1. The molecule has 0 aromatic heterocycles. The first-order valence-electron chi connectivity index (χ1n) is 4.84. The molecule has 0 aliphatic heterocycles. The van der Waals surface area contributed by atoms with Gasteiger partial charge in [-0.3, -0.25) is 0 Å². The van der Waals surface area contributed by atoms with E-state index in [4.69, 9.17) is 16.9 Å². The van der Waals surface area contributed by atoms with E-state index in [0.29, 0.717) is 11.6 Å². The summed E-state index contributed by atoms with van der Waals surface area (Å²) in [4.78, 5) is 11.1. The summed E-state index contributed by atoms with van der Waals surface area (Å²) in [6.45, 7) is 0.432. The summed E-state index contributed by atoms with van der Waals surface area (Å²) < 4.78 is 4.43. The van der Waals surface area contributed by atoms with Crippen molar-refractivity contribution < 1.29 is 9.53 Å². The summed E-state index contributed by atoms with van der Waals surface area (Å²) in [7, 11) is 1.22. The Balaban J connectivity index is 2.63. The van der Waals surface area contributed by atoms with Gasteiger partial charge < -0.3 is 10.1 Å². The topological polar surface area (TPSA) is 62.1 Å². The molecule has 0 radical (unpaired) electrons. The van der Waals surface area contributed by atoms with Crippen molar-refractivity contribution >= 4 is 17.6 Å². The number of rotatable bonds is 4. The van der Waals surface area contributed by atoms with Crippen molar-refractivity contribution in [3.63, 3.8) is 0 Å². The predicted molar refractivity (Wildman–Crippen MR) is 64.0 cm³/mol. The first-order chi connectivity index (χ1) is 8.19. The van der Waals surface area contributed by atoms with E-state index in [1.807, 2.05) is 18.2 Å². The molecule has 1 aromatic rings. The molecule has 0 fully saturated rings. The third-order valence-electron chi connectivity index (χ3n) is 2.02. The van der Waals surface area contributed by atoms with Gasteiger partial charge in [-0.1, -0.05) is 29.8 Å². The van der Waals surface area contributed by atoms with Crippen molar-refractivity contribution in [3.05, 3.63) is 46.6 Å². The Morgan fingerprint density at radius 3 is 2.88 bits per heavy atom. The smallest absolute Gasteiger partial charge is 0.350 e. The van der Waals surface area contributed by atoms with Gasteiger partial charge in [0, 0.05) is 17.8 Å². The molecule has 0 atom stereocenters. The SMILES string of the molecule is COC(=O)/C(C#N)=C/NCc1ccccc1Cl. The fraction of sp³-hybridized carbons (Fsp3) is 0.167. The number of ether oxygens (including phenoxy) is 1. The Bertz CT molecular complexity index is 478. The van der Waals surface area contributed by atoms with Crippen molar-refractivity contribution in [1.29, 1.82) is 5.26 Å². The summed E-state index contributed by atoms with van der Waals surface area (Å²) in [6.07, 6.45) is 1.31. The monoisotopic (exact) mass is 250 g/mol. The third-order valence-corrected chi connectivity index (χ3v) is 2.39. The first-order valence-corrected chi connectivity index (χ1v) is 5.22. The highest BCUT2D eigenvalue weighted by Gasteiger charge is 2.07. The molecular formula is C12H11ClN2O2. The van der Waals surface area contributed by atoms with E-state index in [1.165, 1.54) is 13.3 Å². The van der Waals surface area contributed by atoms with Crippen LogP contribution < -0.4 is 5.32 Å². The predicted octanol–water partition coefficient (Wildman–Crippen LogP) is 2.01. The Kier molecular flexibility index (Phi) is 5.05. The number of nitriles is 1. The fourth-order valence-electron chi connectivity index (χ4n) is 1.15. The lowest BCUT2D eigenvalue weighted by Crippen LogP contribution is -2.11. The number of halogens is 1. The quantitative estimate of drug-likeness (QED) is 0.504. The normalized spacial score (nSPS) is 10.5. The number of carbonyl (C=O) groups excluding carboxylic acids is 1. The molecular weight excluding hydrogens is 240 g/mol. The van der Waals surface area contributed by atoms with Gasteiger partial charge in [0.15, 0.2) is 5.57 Å². The van der Waals surface area contributed by atoms with E-state index in [9.17, 15) is 4.79 Å². The number of benzene rings is 1. The van der Waals surface area contributed by atoms with Gasteiger partial charge in [0.1, 0.15) is 6.07 Å². The van der Waals surface area contributed by atoms with Crippen LogP contribution >= 0.6 is 11.6 Å². The fourth-order valence-corrected chi connectivity index (χ4v) is 1.35. The molecule has 0 saturated heterocycles. The van der Waals surface area contributed by atoms with Gasteiger partial charge in [-0.25, -0.2) is 4.79 Å². The van der Waals surface area contributed by atoms with Crippen LogP contribution in [0.2, 0.25) is 5.02 Å². The first kappa shape index (κ1) is 13.1. The Hall–Kier alpha value is -1.99. The van der Waals surface area contributed by atoms with Gasteiger partial charge in [0.25, 0.3) is 0 Å². The Labute approximate surface area is 104 Å². The highest BCUT2D eigenvalue weighted by molar-refractivity contribution is 6.31. The zero-order valence-electron chi connectivity index (χ0n) is 9.24. The number of hydrogen-bond acceptors (Lipinski definition) is 4. The zero-order valence-corrected chi connectivity index (χ0v) is 9.99. The highest BCUT2D eigenvalue weighted by Crippen LogP contribution is 2.14. The minimum Gasteiger partial charge on any atom is -0.465 e. The number of carbonyl (C=O) groups is 1. The van der Waals surface area contributed by atoms with Gasteiger partial charge in [-0.15, -0.1) is 0 Å². The van der Waals surface area contributed by atoms with Crippen LogP contribution in [0.1, 0.15) is 5.56 Å². The molecule has 0 spiro atoms. The van der Waals surface area contributed by atoms with Crippen molar-refractivity contribution in [2.75, 3.05) is 7.11 Å². The maximum atomic E-state index is 11.1. The van der Waals surface area contributed by atoms with E-state index in [2.05, 4.69) is 10.1 Å². The lowest BCUT2D eigenvalue weighted by atomic mass is 10.2. The van der Waals surface area contributed by atoms with E-state index < -0.39 is 5.97 Å². The molecule has 0 unspecified atom stereocenters. The van der Waals surface area contributed by atoms with Crippen LogP contribution in [-0.2, 0) is 16.1 Å². The van der Waals surface area contributed by atoms with Crippen LogP contribution in [0.25, 0.3) is 0 Å². The molecule has 5 heteroatoms. The second kappa shape index (κ2) is 6.56. The van der Waals surface area contributed by atoms with Crippen LogP contribution in [0, 0.1) is 11.3 Å². The standard InChI is InChI=1S/C12H11ClN2O2/c1-17-12(16)10(6-14)8-15-7-9-4-2-3-5-11(9)13/h2-5,8,15H,7H2,1H3/b10-8+. The molecule has 1 aromatic carbocycles. The van der Waals surface area contributed by atoms with Crippen molar-refractivity contribution in [1.82, 2.24) is 5.32 Å². The Morgan fingerprint density at radius 2 is 2.29 bits per heavy atom. The molecule has 1 rings (SSSR count). The van der Waals surface area contributed by atoms with Gasteiger partial charge in [-0.05, 0) is 11.6 Å². The van der Waals surface area contributed by atoms with Crippen LogP contribution in [0.15, 0.2) is 36.0 Å². The minimum absolute atomic E-state index is 0.0837. The molecule has 0 aliphatic carbocycles. The van der Waals surface area contributed by atoms with Gasteiger partial charge in [0.2, 0.25) is 0 Å². The lowest BCUT2D eigenvalue weighted by Gasteiger charge is -2.04. The minimum atomic E-state index is -0.667. The molecule has 0 aliphatic rings. The molecule has 17 heavy (non-hydrogen) atoms. The zero-order chi connectivity index (χ0) is 12.7. The van der Waals surface area contributed by atoms with E-state index in [1.54, 1.807) is 12.1 Å². The Morgan fingerprint density at radius 1 is 1.59 bits per heavy atom. The molecule has 0 bridgehead atoms. The van der Waals surface area contributed by atoms with Crippen LogP contribution in [0.5, 0.6) is 0 Å². The summed E-state index contributed by atoms with van der Waals surface area (Å²) in [6, 6.07) is 9.06. The van der Waals surface area contributed by atoms with Crippen LogP contribution in [0.4, 0.5) is 0 Å². The van der Waals surface area contributed by atoms with Gasteiger partial charge in [0.05, 0.1) is 7.11 Å². The summed E-state index contributed by atoms with van der Waals surface area (Å²) >= 11 is 5.95. The second-order valence-corrected chi connectivity index (χ2v) is 3.54.